The van der Waals surface area contributed by atoms with Gasteiger partial charge in [-0.2, -0.15) is 0 Å². The van der Waals surface area contributed by atoms with E-state index in [0.717, 1.165) is 19.6 Å². The molecule has 1 aliphatic rings. The van der Waals surface area contributed by atoms with Crippen LogP contribution in [0.3, 0.4) is 0 Å². The molecule has 3 heteroatoms. The van der Waals surface area contributed by atoms with E-state index < -0.39 is 0 Å². The standard InChI is InChI=1S/C14H28O3/c1-2-3-4-5-6-7-8-9-10-15-13-16-11-14-12-17-14/h14H,2-13H2,1H3. The zero-order valence-corrected chi connectivity index (χ0v) is 11.3. The van der Waals surface area contributed by atoms with Crippen LogP contribution >= 0.6 is 0 Å². The molecule has 0 bridgehead atoms. The fourth-order valence-electron chi connectivity index (χ4n) is 1.80. The summed E-state index contributed by atoms with van der Waals surface area (Å²) in [7, 11) is 0. The summed E-state index contributed by atoms with van der Waals surface area (Å²) in [6.07, 6.45) is 11.1. The van der Waals surface area contributed by atoms with Crippen LogP contribution in [-0.4, -0.2) is 32.7 Å². The van der Waals surface area contributed by atoms with Gasteiger partial charge in [-0.05, 0) is 6.42 Å². The SMILES string of the molecule is CCCCCCCCCCOCOCC1CO1. The van der Waals surface area contributed by atoms with Crippen LogP contribution in [0.25, 0.3) is 0 Å². The lowest BCUT2D eigenvalue weighted by molar-refractivity contribution is -0.0584. The van der Waals surface area contributed by atoms with Gasteiger partial charge in [0.25, 0.3) is 0 Å². The normalized spacial score (nSPS) is 18.5. The first-order chi connectivity index (χ1) is 8.43. The molecule has 1 heterocycles. The predicted octanol–water partition coefficient (Wildman–Crippen LogP) is 3.52. The number of unbranched alkanes of at least 4 members (excludes halogenated alkanes) is 7. The van der Waals surface area contributed by atoms with Gasteiger partial charge in [-0.25, -0.2) is 0 Å². The highest BCUT2D eigenvalue weighted by molar-refractivity contribution is 4.66. The number of hydrogen-bond acceptors (Lipinski definition) is 3. The molecule has 1 fully saturated rings. The van der Waals surface area contributed by atoms with Crippen molar-refractivity contribution in [3.05, 3.63) is 0 Å². The Labute approximate surface area is 106 Å². The second-order valence-electron chi connectivity index (χ2n) is 4.83. The van der Waals surface area contributed by atoms with Crippen molar-refractivity contribution in [2.24, 2.45) is 0 Å². The van der Waals surface area contributed by atoms with Crippen molar-refractivity contribution in [2.75, 3.05) is 26.6 Å². The fraction of sp³-hybridized carbons (Fsp3) is 1.00. The lowest BCUT2D eigenvalue weighted by Crippen LogP contribution is -2.06. The van der Waals surface area contributed by atoms with Gasteiger partial charge in [0.15, 0.2) is 0 Å². The van der Waals surface area contributed by atoms with E-state index >= 15 is 0 Å². The van der Waals surface area contributed by atoms with Gasteiger partial charge in [-0.3, -0.25) is 0 Å². The van der Waals surface area contributed by atoms with E-state index in [9.17, 15) is 0 Å². The minimum Gasteiger partial charge on any atom is -0.371 e. The molecule has 3 nitrogen and oxygen atoms in total. The predicted molar refractivity (Wildman–Crippen MR) is 69.1 cm³/mol. The Hall–Kier alpha value is -0.120. The van der Waals surface area contributed by atoms with E-state index in [1.165, 1.54) is 44.9 Å². The number of hydrogen-bond donors (Lipinski definition) is 0. The minimum absolute atomic E-state index is 0.349. The van der Waals surface area contributed by atoms with Gasteiger partial charge in [0.2, 0.25) is 0 Å². The van der Waals surface area contributed by atoms with Crippen molar-refractivity contribution < 1.29 is 14.2 Å². The third kappa shape index (κ3) is 10.7. The van der Waals surface area contributed by atoms with Gasteiger partial charge in [0.1, 0.15) is 12.9 Å². The van der Waals surface area contributed by atoms with Crippen molar-refractivity contribution in [3.8, 4) is 0 Å². The summed E-state index contributed by atoms with van der Waals surface area (Å²) >= 11 is 0. The molecular formula is C14H28O3. The third-order valence-corrected chi connectivity index (χ3v) is 3.02. The van der Waals surface area contributed by atoms with Crippen molar-refractivity contribution in [1.82, 2.24) is 0 Å². The van der Waals surface area contributed by atoms with Crippen LogP contribution in [0.5, 0.6) is 0 Å². The summed E-state index contributed by atoms with van der Waals surface area (Å²) in [5.74, 6) is 0. The van der Waals surface area contributed by atoms with Crippen LogP contribution in [0, 0.1) is 0 Å². The molecule has 0 aromatic heterocycles. The number of rotatable bonds is 13. The van der Waals surface area contributed by atoms with E-state index in [1.807, 2.05) is 0 Å². The van der Waals surface area contributed by atoms with Crippen LogP contribution < -0.4 is 0 Å². The summed E-state index contributed by atoms with van der Waals surface area (Å²) in [4.78, 5) is 0. The smallest absolute Gasteiger partial charge is 0.146 e. The Balaban J connectivity index is 1.61. The molecule has 1 saturated heterocycles. The van der Waals surface area contributed by atoms with E-state index in [1.54, 1.807) is 0 Å². The summed E-state index contributed by atoms with van der Waals surface area (Å²) in [6, 6.07) is 0. The summed E-state index contributed by atoms with van der Waals surface area (Å²) in [5, 5.41) is 0. The van der Waals surface area contributed by atoms with Crippen molar-refractivity contribution in [1.29, 1.82) is 0 Å². The molecule has 0 N–H and O–H groups in total. The molecular weight excluding hydrogens is 216 g/mol. The minimum atomic E-state index is 0.349. The van der Waals surface area contributed by atoms with E-state index in [-0.39, 0.29) is 0 Å². The second kappa shape index (κ2) is 11.0. The van der Waals surface area contributed by atoms with Gasteiger partial charge in [-0.15, -0.1) is 0 Å². The first-order valence-electron chi connectivity index (χ1n) is 7.20. The maximum atomic E-state index is 5.38. The molecule has 0 spiro atoms. The molecule has 0 saturated carbocycles. The topological polar surface area (TPSA) is 31.0 Å². The van der Waals surface area contributed by atoms with E-state index in [0.29, 0.717) is 19.5 Å². The average Bonchev–Trinajstić information content (AvgIpc) is 3.15. The molecule has 0 radical (unpaired) electrons. The van der Waals surface area contributed by atoms with Gasteiger partial charge in [0.05, 0.1) is 13.2 Å². The first-order valence-corrected chi connectivity index (χ1v) is 7.20. The number of epoxide rings is 1. The molecule has 0 amide bonds. The van der Waals surface area contributed by atoms with Crippen molar-refractivity contribution >= 4 is 0 Å². The second-order valence-corrected chi connectivity index (χ2v) is 4.83. The summed E-state index contributed by atoms with van der Waals surface area (Å²) < 4.78 is 15.7. The monoisotopic (exact) mass is 244 g/mol. The lowest BCUT2D eigenvalue weighted by atomic mass is 10.1. The first kappa shape index (κ1) is 14.9. The molecule has 0 aromatic carbocycles. The van der Waals surface area contributed by atoms with E-state index in [2.05, 4.69) is 6.92 Å². The van der Waals surface area contributed by atoms with Crippen molar-refractivity contribution in [2.45, 2.75) is 64.4 Å². The zero-order valence-electron chi connectivity index (χ0n) is 11.3. The van der Waals surface area contributed by atoms with Gasteiger partial charge in [0, 0.05) is 6.61 Å². The summed E-state index contributed by atoms with van der Waals surface area (Å²) in [5.41, 5.74) is 0. The molecule has 1 rings (SSSR count). The Morgan fingerprint density at radius 2 is 1.59 bits per heavy atom. The maximum absolute atomic E-state index is 5.38. The Morgan fingerprint density at radius 3 is 2.24 bits per heavy atom. The fourth-order valence-corrected chi connectivity index (χ4v) is 1.80. The third-order valence-electron chi connectivity index (χ3n) is 3.02. The Morgan fingerprint density at radius 1 is 0.941 bits per heavy atom. The molecule has 102 valence electrons. The highest BCUT2D eigenvalue weighted by atomic mass is 16.7. The van der Waals surface area contributed by atoms with Gasteiger partial charge < -0.3 is 14.2 Å². The van der Waals surface area contributed by atoms with Crippen LogP contribution in [0.1, 0.15) is 58.3 Å². The van der Waals surface area contributed by atoms with Gasteiger partial charge >= 0.3 is 0 Å². The quantitative estimate of drug-likeness (QED) is 0.282. The lowest BCUT2D eigenvalue weighted by Gasteiger charge is -2.04. The highest BCUT2D eigenvalue weighted by Crippen LogP contribution is 2.09. The molecule has 1 aliphatic heterocycles. The van der Waals surface area contributed by atoms with Crippen LogP contribution in [0.15, 0.2) is 0 Å². The molecule has 1 atom stereocenters. The number of ether oxygens (including phenoxy) is 3. The molecule has 0 aromatic rings. The zero-order chi connectivity index (χ0) is 12.2. The van der Waals surface area contributed by atoms with Gasteiger partial charge in [-0.1, -0.05) is 51.9 Å². The van der Waals surface area contributed by atoms with E-state index in [4.69, 9.17) is 14.2 Å². The average molecular weight is 244 g/mol. The maximum Gasteiger partial charge on any atom is 0.146 e. The van der Waals surface area contributed by atoms with Crippen molar-refractivity contribution in [3.63, 3.8) is 0 Å². The largest absolute Gasteiger partial charge is 0.371 e. The Kier molecular flexibility index (Phi) is 9.66. The van der Waals surface area contributed by atoms with Crippen LogP contribution in [0.4, 0.5) is 0 Å². The Bertz CT molecular complexity index is 158. The van der Waals surface area contributed by atoms with Crippen LogP contribution in [-0.2, 0) is 14.2 Å². The molecule has 17 heavy (non-hydrogen) atoms. The molecule has 1 unspecified atom stereocenters. The highest BCUT2D eigenvalue weighted by Gasteiger charge is 2.21. The van der Waals surface area contributed by atoms with Crippen LogP contribution in [0.2, 0.25) is 0 Å². The molecule has 0 aliphatic carbocycles. The summed E-state index contributed by atoms with van der Waals surface area (Å²) in [6.45, 7) is 5.07.